The normalized spacial score (nSPS) is 19.4. The van der Waals surface area contributed by atoms with E-state index in [0.29, 0.717) is 6.04 Å². The van der Waals surface area contributed by atoms with Crippen molar-refractivity contribution in [3.63, 3.8) is 0 Å². The fourth-order valence-corrected chi connectivity index (χ4v) is 3.22. The molecule has 1 aromatic rings. The van der Waals surface area contributed by atoms with Crippen molar-refractivity contribution >= 4 is 24.2 Å². The molecule has 0 saturated carbocycles. The van der Waals surface area contributed by atoms with Gasteiger partial charge in [-0.15, -0.1) is 24.2 Å². The van der Waals surface area contributed by atoms with Gasteiger partial charge in [-0.05, 0) is 50.4 Å². The molecule has 2 rings (SSSR count). The molecule has 114 valence electrons. The second-order valence-electron chi connectivity index (χ2n) is 5.05. The number of piperidine rings is 1. The Hall–Kier alpha value is -0.420. The van der Waals surface area contributed by atoms with Crippen LogP contribution in [0.1, 0.15) is 18.4 Å². The summed E-state index contributed by atoms with van der Waals surface area (Å²) in [5, 5.41) is 3.39. The van der Waals surface area contributed by atoms with E-state index in [0.717, 1.165) is 18.8 Å². The number of hydrogen-bond acceptors (Lipinski definition) is 4. The highest BCUT2D eigenvalue weighted by Crippen LogP contribution is 2.29. The zero-order valence-electron chi connectivity index (χ0n) is 12.5. The van der Waals surface area contributed by atoms with Crippen LogP contribution in [-0.4, -0.2) is 44.4 Å². The predicted octanol–water partition coefficient (Wildman–Crippen LogP) is 3.02. The topological polar surface area (TPSA) is 24.5 Å². The first kappa shape index (κ1) is 17.6. The Morgan fingerprint density at radius 2 is 2.25 bits per heavy atom. The van der Waals surface area contributed by atoms with Crippen LogP contribution in [0.25, 0.3) is 0 Å². The van der Waals surface area contributed by atoms with Crippen LogP contribution >= 0.6 is 24.2 Å². The zero-order chi connectivity index (χ0) is 13.7. The minimum atomic E-state index is 0. The number of rotatable bonds is 5. The van der Waals surface area contributed by atoms with E-state index in [-0.39, 0.29) is 12.4 Å². The molecule has 1 heterocycles. The van der Waals surface area contributed by atoms with Gasteiger partial charge in [0.25, 0.3) is 0 Å². The summed E-state index contributed by atoms with van der Waals surface area (Å²) in [5.74, 6) is 0.993. The number of benzene rings is 1. The zero-order valence-corrected chi connectivity index (χ0v) is 14.1. The van der Waals surface area contributed by atoms with Crippen molar-refractivity contribution in [3.05, 3.63) is 23.8 Å². The fourth-order valence-electron chi connectivity index (χ4n) is 2.67. The molecule has 0 amide bonds. The third-order valence-electron chi connectivity index (χ3n) is 3.77. The van der Waals surface area contributed by atoms with Crippen molar-refractivity contribution in [3.8, 4) is 5.75 Å². The summed E-state index contributed by atoms with van der Waals surface area (Å²) in [5.41, 5.74) is 1.34. The molecule has 0 radical (unpaired) electrons. The van der Waals surface area contributed by atoms with Crippen LogP contribution in [0.15, 0.2) is 23.1 Å². The van der Waals surface area contributed by atoms with E-state index in [4.69, 9.17) is 4.74 Å². The summed E-state index contributed by atoms with van der Waals surface area (Å²) in [4.78, 5) is 3.73. The minimum Gasteiger partial charge on any atom is -0.496 e. The lowest BCUT2D eigenvalue weighted by molar-refractivity contribution is 0.188. The van der Waals surface area contributed by atoms with E-state index in [1.165, 1.54) is 29.8 Å². The number of nitrogens with zero attached hydrogens (tertiary/aromatic N) is 1. The lowest BCUT2D eigenvalue weighted by Gasteiger charge is -2.32. The Kier molecular flexibility index (Phi) is 7.74. The van der Waals surface area contributed by atoms with Crippen molar-refractivity contribution in [1.29, 1.82) is 0 Å². The van der Waals surface area contributed by atoms with E-state index < -0.39 is 0 Å². The first-order chi connectivity index (χ1) is 9.26. The van der Waals surface area contributed by atoms with Crippen LogP contribution in [-0.2, 0) is 6.54 Å². The molecule has 1 saturated heterocycles. The van der Waals surface area contributed by atoms with Gasteiger partial charge in [0.05, 0.1) is 7.11 Å². The molecular formula is C15H25ClN2OS. The summed E-state index contributed by atoms with van der Waals surface area (Å²) < 4.78 is 5.46. The Labute approximate surface area is 132 Å². The van der Waals surface area contributed by atoms with Crippen LogP contribution in [0.2, 0.25) is 0 Å². The van der Waals surface area contributed by atoms with Crippen LogP contribution in [0.5, 0.6) is 5.75 Å². The monoisotopic (exact) mass is 316 g/mol. The standard InChI is InChI=1S/C15H24N2OS.ClH/c1-16-13-5-4-8-17(11-13)10-12-6-7-15(19-3)14(9-12)18-2;/h6-7,9,13,16H,4-5,8,10-11H2,1-3H3;1H. The van der Waals surface area contributed by atoms with Gasteiger partial charge in [0, 0.05) is 24.0 Å². The Bertz CT molecular complexity index is 417. The molecule has 1 N–H and O–H groups in total. The summed E-state index contributed by atoms with van der Waals surface area (Å²) in [7, 11) is 3.81. The maximum absolute atomic E-state index is 5.46. The number of nitrogens with one attached hydrogen (secondary N) is 1. The molecule has 5 heteroatoms. The van der Waals surface area contributed by atoms with E-state index in [9.17, 15) is 0 Å². The Morgan fingerprint density at radius 3 is 2.90 bits per heavy atom. The van der Waals surface area contributed by atoms with Crippen molar-refractivity contribution < 1.29 is 4.74 Å². The number of thioether (sulfide) groups is 1. The van der Waals surface area contributed by atoms with E-state index in [2.05, 4.69) is 41.7 Å². The van der Waals surface area contributed by atoms with Crippen LogP contribution < -0.4 is 10.1 Å². The molecule has 1 aliphatic rings. The highest BCUT2D eigenvalue weighted by atomic mass is 35.5. The summed E-state index contributed by atoms with van der Waals surface area (Å²) in [6, 6.07) is 7.20. The van der Waals surface area contributed by atoms with Crippen LogP contribution in [0.3, 0.4) is 0 Å². The highest BCUT2D eigenvalue weighted by molar-refractivity contribution is 7.98. The smallest absolute Gasteiger partial charge is 0.132 e. The highest BCUT2D eigenvalue weighted by Gasteiger charge is 2.18. The van der Waals surface area contributed by atoms with Gasteiger partial charge in [0.2, 0.25) is 0 Å². The Balaban J connectivity index is 0.00000200. The minimum absolute atomic E-state index is 0. The van der Waals surface area contributed by atoms with Crippen LogP contribution in [0.4, 0.5) is 0 Å². The first-order valence-electron chi connectivity index (χ1n) is 6.87. The van der Waals surface area contributed by atoms with Crippen molar-refractivity contribution in [2.45, 2.75) is 30.3 Å². The third-order valence-corrected chi connectivity index (χ3v) is 4.54. The second-order valence-corrected chi connectivity index (χ2v) is 5.90. The molecule has 20 heavy (non-hydrogen) atoms. The number of hydrogen-bond donors (Lipinski definition) is 1. The number of methoxy groups -OCH3 is 1. The third kappa shape index (κ3) is 4.55. The molecule has 0 aromatic heterocycles. The molecule has 1 aliphatic heterocycles. The number of halogens is 1. The maximum atomic E-state index is 5.46. The van der Waals surface area contributed by atoms with Crippen molar-refractivity contribution in [1.82, 2.24) is 10.2 Å². The SMILES string of the molecule is CNC1CCCN(Cc2ccc(SC)c(OC)c2)C1.Cl. The summed E-state index contributed by atoms with van der Waals surface area (Å²) in [6.45, 7) is 3.36. The number of likely N-dealkylation sites (tertiary alicyclic amines) is 1. The number of likely N-dealkylation sites (N-methyl/N-ethyl adjacent to an activating group) is 1. The molecule has 1 aromatic carbocycles. The summed E-state index contributed by atoms with van der Waals surface area (Å²) in [6.07, 6.45) is 4.66. The molecule has 1 unspecified atom stereocenters. The molecule has 0 bridgehead atoms. The fraction of sp³-hybridized carbons (Fsp3) is 0.600. The van der Waals surface area contributed by atoms with Gasteiger partial charge in [-0.1, -0.05) is 6.07 Å². The largest absolute Gasteiger partial charge is 0.496 e. The van der Waals surface area contributed by atoms with Crippen LogP contribution in [0, 0.1) is 0 Å². The molecule has 0 spiro atoms. The lowest BCUT2D eigenvalue weighted by Crippen LogP contribution is -2.43. The van der Waals surface area contributed by atoms with Gasteiger partial charge in [-0.3, -0.25) is 4.90 Å². The van der Waals surface area contributed by atoms with E-state index in [1.54, 1.807) is 18.9 Å². The van der Waals surface area contributed by atoms with Crippen molar-refractivity contribution in [2.24, 2.45) is 0 Å². The van der Waals surface area contributed by atoms with Gasteiger partial charge in [0.1, 0.15) is 5.75 Å². The molecule has 0 aliphatic carbocycles. The number of ether oxygens (including phenoxy) is 1. The van der Waals surface area contributed by atoms with Crippen molar-refractivity contribution in [2.75, 3.05) is 33.5 Å². The van der Waals surface area contributed by atoms with E-state index in [1.807, 2.05) is 0 Å². The molecular weight excluding hydrogens is 292 g/mol. The van der Waals surface area contributed by atoms with Gasteiger partial charge >= 0.3 is 0 Å². The lowest BCUT2D eigenvalue weighted by atomic mass is 10.0. The van der Waals surface area contributed by atoms with Gasteiger partial charge in [-0.2, -0.15) is 0 Å². The molecule has 1 atom stereocenters. The quantitative estimate of drug-likeness (QED) is 0.844. The van der Waals surface area contributed by atoms with Gasteiger partial charge in [0.15, 0.2) is 0 Å². The molecule has 3 nitrogen and oxygen atoms in total. The second kappa shape index (κ2) is 8.78. The predicted molar refractivity (Wildman–Crippen MR) is 89.4 cm³/mol. The van der Waals surface area contributed by atoms with Gasteiger partial charge < -0.3 is 10.1 Å². The summed E-state index contributed by atoms with van der Waals surface area (Å²) >= 11 is 1.73. The van der Waals surface area contributed by atoms with Gasteiger partial charge in [-0.25, -0.2) is 0 Å². The molecule has 1 fully saturated rings. The first-order valence-corrected chi connectivity index (χ1v) is 8.09. The maximum Gasteiger partial charge on any atom is 0.132 e. The van der Waals surface area contributed by atoms with E-state index >= 15 is 0 Å². The average Bonchev–Trinajstić information content (AvgIpc) is 2.47. The Morgan fingerprint density at radius 1 is 1.45 bits per heavy atom. The average molecular weight is 317 g/mol.